The molecule has 0 fully saturated rings. The van der Waals surface area contributed by atoms with Crippen LogP contribution in [0.2, 0.25) is 0 Å². The lowest BCUT2D eigenvalue weighted by Crippen LogP contribution is -2.51. The van der Waals surface area contributed by atoms with E-state index in [1.54, 1.807) is 7.11 Å². The number of ether oxygens (including phenoxy) is 1. The van der Waals surface area contributed by atoms with E-state index in [-0.39, 0.29) is 0 Å². The highest BCUT2D eigenvalue weighted by molar-refractivity contribution is 5.93. The van der Waals surface area contributed by atoms with E-state index < -0.39 is 5.79 Å². The summed E-state index contributed by atoms with van der Waals surface area (Å²) in [6.45, 7) is 2.11. The van der Waals surface area contributed by atoms with E-state index in [1.165, 1.54) is 0 Å². The van der Waals surface area contributed by atoms with E-state index in [2.05, 4.69) is 17.2 Å². The van der Waals surface area contributed by atoms with Crippen molar-refractivity contribution in [3.63, 3.8) is 0 Å². The molecule has 0 saturated carbocycles. The second-order valence-corrected chi connectivity index (χ2v) is 4.58. The SMILES string of the molecule is CCCC1=CC(N)=NC(N)(c2ccc(OC)cc2)N1. The van der Waals surface area contributed by atoms with Crippen molar-refractivity contribution in [2.45, 2.75) is 25.6 Å². The Morgan fingerprint density at radius 2 is 2.00 bits per heavy atom. The van der Waals surface area contributed by atoms with Crippen molar-refractivity contribution >= 4 is 5.84 Å². The molecule has 5 nitrogen and oxygen atoms in total. The van der Waals surface area contributed by atoms with Crippen molar-refractivity contribution in [2.75, 3.05) is 7.11 Å². The average molecular weight is 260 g/mol. The van der Waals surface area contributed by atoms with Gasteiger partial charge in [-0.05, 0) is 36.8 Å². The van der Waals surface area contributed by atoms with E-state index in [1.807, 2.05) is 30.3 Å². The van der Waals surface area contributed by atoms with Gasteiger partial charge in [0.05, 0.1) is 7.11 Å². The van der Waals surface area contributed by atoms with Gasteiger partial charge in [0.1, 0.15) is 11.6 Å². The van der Waals surface area contributed by atoms with E-state index in [0.717, 1.165) is 29.9 Å². The first-order valence-corrected chi connectivity index (χ1v) is 6.35. The summed E-state index contributed by atoms with van der Waals surface area (Å²) in [6, 6.07) is 7.49. The number of rotatable bonds is 4. The fourth-order valence-electron chi connectivity index (χ4n) is 2.11. The Kier molecular flexibility index (Phi) is 3.76. The highest BCUT2D eigenvalue weighted by Gasteiger charge is 2.29. The maximum Gasteiger partial charge on any atom is 0.211 e. The number of methoxy groups -OCH3 is 1. The number of aliphatic imine (C=N–C) groups is 1. The van der Waals surface area contributed by atoms with Gasteiger partial charge in [0.15, 0.2) is 0 Å². The molecule has 1 aliphatic rings. The summed E-state index contributed by atoms with van der Waals surface area (Å²) < 4.78 is 5.14. The molecule has 2 rings (SSSR count). The van der Waals surface area contributed by atoms with Crippen molar-refractivity contribution in [2.24, 2.45) is 16.5 Å². The van der Waals surface area contributed by atoms with Gasteiger partial charge in [-0.2, -0.15) is 0 Å². The summed E-state index contributed by atoms with van der Waals surface area (Å²) >= 11 is 0. The molecule has 0 aromatic heterocycles. The number of nitrogens with zero attached hydrogens (tertiary/aromatic N) is 1. The Labute approximate surface area is 113 Å². The minimum atomic E-state index is -1.00. The minimum absolute atomic E-state index is 0.445. The molecule has 1 aromatic carbocycles. The Hall–Kier alpha value is -2.01. The van der Waals surface area contributed by atoms with Crippen molar-refractivity contribution in [1.82, 2.24) is 5.32 Å². The predicted molar refractivity (Wildman–Crippen MR) is 76.6 cm³/mol. The average Bonchev–Trinajstić information content (AvgIpc) is 2.38. The van der Waals surface area contributed by atoms with Crippen LogP contribution in [0.3, 0.4) is 0 Å². The van der Waals surface area contributed by atoms with Crippen LogP contribution in [0.5, 0.6) is 5.75 Å². The highest BCUT2D eigenvalue weighted by Crippen LogP contribution is 2.24. The topological polar surface area (TPSA) is 85.7 Å². The van der Waals surface area contributed by atoms with Crippen molar-refractivity contribution in [3.05, 3.63) is 41.6 Å². The van der Waals surface area contributed by atoms with Gasteiger partial charge in [-0.3, -0.25) is 5.73 Å². The van der Waals surface area contributed by atoms with E-state index in [9.17, 15) is 0 Å². The maximum absolute atomic E-state index is 6.32. The summed E-state index contributed by atoms with van der Waals surface area (Å²) in [5.41, 5.74) is 14.0. The summed E-state index contributed by atoms with van der Waals surface area (Å²) in [5.74, 6) is 0.222. The zero-order valence-electron chi connectivity index (χ0n) is 11.3. The zero-order chi connectivity index (χ0) is 13.9. The Morgan fingerprint density at radius 3 is 2.58 bits per heavy atom. The molecule has 1 aliphatic heterocycles. The number of amidine groups is 1. The van der Waals surface area contributed by atoms with Gasteiger partial charge in [-0.15, -0.1) is 0 Å². The van der Waals surface area contributed by atoms with Gasteiger partial charge in [0, 0.05) is 11.3 Å². The van der Waals surface area contributed by atoms with Crippen LogP contribution in [0.4, 0.5) is 0 Å². The molecule has 1 heterocycles. The summed E-state index contributed by atoms with van der Waals surface area (Å²) in [5, 5.41) is 3.25. The Balaban J connectivity index is 2.29. The number of hydrogen-bond donors (Lipinski definition) is 3. The van der Waals surface area contributed by atoms with Crippen LogP contribution >= 0.6 is 0 Å². The molecule has 1 aromatic rings. The van der Waals surface area contributed by atoms with E-state index >= 15 is 0 Å². The summed E-state index contributed by atoms with van der Waals surface area (Å²) in [6.07, 6.45) is 3.74. The maximum atomic E-state index is 6.32. The largest absolute Gasteiger partial charge is 0.497 e. The van der Waals surface area contributed by atoms with Crippen molar-refractivity contribution in [3.8, 4) is 5.75 Å². The standard InChI is InChI=1S/C14H20N4O/c1-3-4-11-9-13(15)18-14(16,17-11)10-5-7-12(19-2)8-6-10/h5-9,17H,3-4,16H2,1-2H3,(H2,15,18). The highest BCUT2D eigenvalue weighted by atomic mass is 16.5. The molecule has 0 aliphatic carbocycles. The monoisotopic (exact) mass is 260 g/mol. The summed E-state index contributed by atoms with van der Waals surface area (Å²) in [4.78, 5) is 4.32. The van der Waals surface area contributed by atoms with E-state index in [0.29, 0.717) is 5.84 Å². The van der Waals surface area contributed by atoms with Crippen molar-refractivity contribution < 1.29 is 4.74 Å². The van der Waals surface area contributed by atoms with Crippen LogP contribution in [0, 0.1) is 0 Å². The van der Waals surface area contributed by atoms with Crippen LogP contribution < -0.4 is 21.5 Å². The first-order chi connectivity index (χ1) is 9.07. The predicted octanol–water partition coefficient (Wildman–Crippen LogP) is 1.41. The first-order valence-electron chi connectivity index (χ1n) is 6.35. The first kappa shape index (κ1) is 13.4. The second-order valence-electron chi connectivity index (χ2n) is 4.58. The molecule has 5 heteroatoms. The number of nitrogens with two attached hydrogens (primary N) is 2. The molecule has 0 bridgehead atoms. The molecule has 0 spiro atoms. The van der Waals surface area contributed by atoms with Gasteiger partial charge in [0.25, 0.3) is 0 Å². The number of benzene rings is 1. The fourth-order valence-corrected chi connectivity index (χ4v) is 2.11. The van der Waals surface area contributed by atoms with Crippen LogP contribution in [0.25, 0.3) is 0 Å². The minimum Gasteiger partial charge on any atom is -0.497 e. The fraction of sp³-hybridized carbons (Fsp3) is 0.357. The smallest absolute Gasteiger partial charge is 0.211 e. The van der Waals surface area contributed by atoms with E-state index in [4.69, 9.17) is 16.2 Å². The lowest BCUT2D eigenvalue weighted by atomic mass is 10.1. The Bertz CT molecular complexity index is 507. The zero-order valence-corrected chi connectivity index (χ0v) is 11.3. The molecule has 0 amide bonds. The molecular weight excluding hydrogens is 240 g/mol. The van der Waals surface area contributed by atoms with Crippen LogP contribution in [-0.2, 0) is 5.79 Å². The third-order valence-corrected chi connectivity index (χ3v) is 3.03. The molecule has 19 heavy (non-hydrogen) atoms. The molecule has 0 radical (unpaired) electrons. The summed E-state index contributed by atoms with van der Waals surface area (Å²) in [7, 11) is 1.63. The lowest BCUT2D eigenvalue weighted by molar-refractivity contribution is 0.384. The van der Waals surface area contributed by atoms with Crippen molar-refractivity contribution in [1.29, 1.82) is 0 Å². The molecule has 1 atom stereocenters. The van der Waals surface area contributed by atoms with Gasteiger partial charge in [0.2, 0.25) is 5.79 Å². The van der Waals surface area contributed by atoms with Crippen LogP contribution in [-0.4, -0.2) is 12.9 Å². The third kappa shape index (κ3) is 2.88. The molecular formula is C14H20N4O. The quantitative estimate of drug-likeness (QED) is 0.764. The van der Waals surface area contributed by atoms with Gasteiger partial charge < -0.3 is 15.8 Å². The number of allylic oxidation sites excluding steroid dienone is 1. The molecule has 102 valence electrons. The normalized spacial score (nSPS) is 22.3. The Morgan fingerprint density at radius 1 is 1.32 bits per heavy atom. The van der Waals surface area contributed by atoms with Gasteiger partial charge in [-0.25, -0.2) is 4.99 Å². The second kappa shape index (κ2) is 5.32. The third-order valence-electron chi connectivity index (χ3n) is 3.03. The number of hydrogen-bond acceptors (Lipinski definition) is 5. The number of nitrogens with one attached hydrogen (secondary N) is 1. The molecule has 1 unspecified atom stereocenters. The van der Waals surface area contributed by atoms with Gasteiger partial charge >= 0.3 is 0 Å². The van der Waals surface area contributed by atoms with Crippen LogP contribution in [0.15, 0.2) is 41.0 Å². The molecule has 0 saturated heterocycles. The van der Waals surface area contributed by atoms with Crippen LogP contribution in [0.1, 0.15) is 25.3 Å². The van der Waals surface area contributed by atoms with Gasteiger partial charge in [-0.1, -0.05) is 13.3 Å². The lowest BCUT2D eigenvalue weighted by Gasteiger charge is -2.32. The molecule has 5 N–H and O–H groups in total.